The van der Waals surface area contributed by atoms with Gasteiger partial charge in [-0.2, -0.15) is 0 Å². The zero-order valence-electron chi connectivity index (χ0n) is 38.5. The first kappa shape index (κ1) is 40.6. The predicted octanol–water partition coefficient (Wildman–Crippen LogP) is 15.4. The highest BCUT2D eigenvalue weighted by Gasteiger charge is 2.29. The molecule has 0 spiro atoms. The van der Waals surface area contributed by atoms with Gasteiger partial charge < -0.3 is 0 Å². The highest BCUT2D eigenvalue weighted by molar-refractivity contribution is 6.32. The second-order valence-corrected chi connectivity index (χ2v) is 17.5. The molecule has 4 heterocycles. The highest BCUT2D eigenvalue weighted by atomic mass is 15.6. The summed E-state index contributed by atoms with van der Waals surface area (Å²) in [7, 11) is 0. The normalized spacial score (nSPS) is 11.5. The average molecular weight is 883 g/mol. The lowest BCUT2D eigenvalue weighted by atomic mass is 9.90. The fraction of sp³-hybridized carbons (Fsp3) is 0.0667. The lowest BCUT2D eigenvalue weighted by Crippen LogP contribution is -2.27. The number of hydrogen-bond acceptors (Lipinski definition) is 4. The van der Waals surface area contributed by atoms with Gasteiger partial charge in [0.25, 0.3) is 0 Å². The largest absolute Gasteiger partial charge is 0.264 e. The summed E-state index contributed by atoms with van der Waals surface area (Å²) in [5.41, 5.74) is 13.2. The smallest absolute Gasteiger partial charge is 0.0737 e. The van der Waals surface area contributed by atoms with Gasteiger partial charge >= 0.3 is 0 Å². The Kier molecular flexibility index (Phi) is 9.87. The minimum Gasteiger partial charge on any atom is -0.264 e. The number of aromatic nitrogens is 4. The van der Waals surface area contributed by atoms with Crippen molar-refractivity contribution in [1.29, 1.82) is 0 Å². The quantitative estimate of drug-likeness (QED) is 0.114. The van der Waals surface area contributed by atoms with E-state index >= 15 is 0 Å². The van der Waals surface area contributed by atoms with E-state index in [1.165, 1.54) is 33.0 Å². The van der Waals surface area contributed by atoms with Gasteiger partial charge in [-0.05, 0) is 135 Å². The van der Waals surface area contributed by atoms with Crippen LogP contribution in [0.3, 0.4) is 0 Å². The molecular formula is C60H50N8. The fourth-order valence-corrected chi connectivity index (χ4v) is 10.2. The van der Waals surface area contributed by atoms with Crippen molar-refractivity contribution in [2.75, 3.05) is 20.0 Å². The molecule has 12 rings (SSSR count). The zero-order chi connectivity index (χ0) is 45.9. The summed E-state index contributed by atoms with van der Waals surface area (Å²) in [5, 5.41) is 16.3. The molecule has 0 saturated carbocycles. The first-order valence-electron chi connectivity index (χ1n) is 23.2. The van der Waals surface area contributed by atoms with Crippen molar-refractivity contribution in [3.05, 3.63) is 254 Å². The number of anilines is 8. The molecule has 8 aromatic carbocycles. The summed E-state index contributed by atoms with van der Waals surface area (Å²) in [6, 6.07) is 65.7. The van der Waals surface area contributed by atoms with Crippen LogP contribution in [0, 0.1) is 27.7 Å². The van der Waals surface area contributed by atoms with E-state index in [2.05, 4.69) is 298 Å². The van der Waals surface area contributed by atoms with Gasteiger partial charge in [-0.25, -0.2) is 20.0 Å². The van der Waals surface area contributed by atoms with Gasteiger partial charge in [0.2, 0.25) is 0 Å². The van der Waals surface area contributed by atoms with Crippen LogP contribution in [-0.2, 0) is 0 Å². The first-order chi connectivity index (χ1) is 33.4. The Balaban J connectivity index is 1.29. The molecule has 0 unspecified atom stereocenters. The molecule has 68 heavy (non-hydrogen) atoms. The maximum absolute atomic E-state index is 2.39. The van der Waals surface area contributed by atoms with E-state index in [-0.39, 0.29) is 0 Å². The van der Waals surface area contributed by atoms with Crippen LogP contribution in [-0.4, -0.2) is 18.7 Å². The summed E-state index contributed by atoms with van der Waals surface area (Å²) in [6.45, 7) is 8.79. The number of rotatable bonds is 12. The van der Waals surface area contributed by atoms with Gasteiger partial charge in [-0.15, -0.1) is 0 Å². The first-order valence-corrected chi connectivity index (χ1v) is 23.2. The van der Waals surface area contributed by atoms with E-state index in [1.807, 2.05) is 0 Å². The van der Waals surface area contributed by atoms with E-state index in [1.54, 1.807) is 0 Å². The third kappa shape index (κ3) is 6.60. The van der Waals surface area contributed by atoms with Crippen LogP contribution >= 0.6 is 0 Å². The SMILES string of the molecule is Cc1ccccc1N(c1cc(N(c2ccccc2C)n2cccc2)c2ccc3c(N(c4ccccc4C)n4cccc4)cc(N(c4ccccc4C)n4cccc4)c4ccc1c2c43)n1cccc1. The molecule has 0 saturated heterocycles. The van der Waals surface area contributed by atoms with E-state index < -0.39 is 0 Å². The molecule has 0 radical (unpaired) electrons. The number of hydrogen-bond donors (Lipinski definition) is 0. The molecule has 0 aliphatic rings. The van der Waals surface area contributed by atoms with Crippen molar-refractivity contribution in [3.63, 3.8) is 0 Å². The number of benzene rings is 8. The minimum absolute atomic E-state index is 1.05. The standard InChI is InChI=1S/C60H50N8/c1-43-21-5-9-25-51(43)65(61-33-13-14-34-61)55-41-56(66(62-35-15-16-36-62)52-26-10-6-22-44(52)2)48-31-32-50-58(68(64-39-19-20-40-64)54-28-12-8-24-46(54)4)42-57(49-30-29-47(55)59(48)60(49)50)67(63-37-17-18-38-63)53-27-11-7-23-45(53)3/h5-42H,1-4H3. The van der Waals surface area contributed by atoms with Gasteiger partial charge in [-0.3, -0.25) is 18.7 Å². The van der Waals surface area contributed by atoms with Crippen LogP contribution in [0.2, 0.25) is 0 Å². The summed E-state index contributed by atoms with van der Waals surface area (Å²) in [6.07, 6.45) is 17.1. The lowest BCUT2D eigenvalue weighted by Gasteiger charge is -2.35. The fourth-order valence-electron chi connectivity index (χ4n) is 10.2. The molecule has 0 amide bonds. The van der Waals surface area contributed by atoms with Crippen molar-refractivity contribution in [1.82, 2.24) is 18.7 Å². The van der Waals surface area contributed by atoms with Gasteiger partial charge in [0, 0.05) is 81.9 Å². The average Bonchev–Trinajstić information content (AvgIpc) is 4.23. The molecule has 0 aliphatic carbocycles. The monoisotopic (exact) mass is 882 g/mol. The number of nitrogens with zero attached hydrogens (tertiary/aromatic N) is 8. The maximum Gasteiger partial charge on any atom is 0.0737 e. The van der Waals surface area contributed by atoms with E-state index in [0.29, 0.717) is 0 Å². The second-order valence-electron chi connectivity index (χ2n) is 17.5. The van der Waals surface area contributed by atoms with Gasteiger partial charge in [0.15, 0.2) is 0 Å². The zero-order valence-corrected chi connectivity index (χ0v) is 38.5. The van der Waals surface area contributed by atoms with Crippen LogP contribution in [0.1, 0.15) is 22.3 Å². The predicted molar refractivity (Wildman–Crippen MR) is 283 cm³/mol. The molecule has 4 aromatic heterocycles. The second kappa shape index (κ2) is 16.5. The van der Waals surface area contributed by atoms with Crippen LogP contribution in [0.15, 0.2) is 232 Å². The van der Waals surface area contributed by atoms with Crippen molar-refractivity contribution in [2.24, 2.45) is 0 Å². The van der Waals surface area contributed by atoms with E-state index in [4.69, 9.17) is 0 Å². The van der Waals surface area contributed by atoms with Crippen LogP contribution in [0.4, 0.5) is 45.5 Å². The number of aryl methyl sites for hydroxylation is 4. The summed E-state index contributed by atoms with van der Waals surface area (Å²) < 4.78 is 8.84. The molecule has 0 atom stereocenters. The highest BCUT2D eigenvalue weighted by Crippen LogP contribution is 2.52. The lowest BCUT2D eigenvalue weighted by molar-refractivity contribution is 0.812. The molecule has 8 nitrogen and oxygen atoms in total. The van der Waals surface area contributed by atoms with Crippen LogP contribution in [0.25, 0.3) is 32.3 Å². The third-order valence-electron chi connectivity index (χ3n) is 13.4. The van der Waals surface area contributed by atoms with Crippen LogP contribution < -0.4 is 20.0 Å². The van der Waals surface area contributed by atoms with E-state index in [9.17, 15) is 0 Å². The maximum atomic E-state index is 2.39. The molecule has 0 N–H and O–H groups in total. The minimum atomic E-state index is 1.05. The topological polar surface area (TPSA) is 32.7 Å². The Hall–Kier alpha value is -8.88. The molecule has 0 fully saturated rings. The Morgan fingerprint density at radius 2 is 0.441 bits per heavy atom. The van der Waals surface area contributed by atoms with Crippen molar-refractivity contribution < 1.29 is 0 Å². The molecule has 330 valence electrons. The molecule has 0 bridgehead atoms. The van der Waals surface area contributed by atoms with Gasteiger partial charge in [0.1, 0.15) is 0 Å². The summed E-state index contributed by atoms with van der Waals surface area (Å²) in [4.78, 5) is 0. The van der Waals surface area contributed by atoms with Crippen LogP contribution in [0.5, 0.6) is 0 Å². The Bertz CT molecular complexity index is 3220. The summed E-state index contributed by atoms with van der Waals surface area (Å²) >= 11 is 0. The molecular weight excluding hydrogens is 833 g/mol. The number of para-hydroxylation sites is 4. The third-order valence-corrected chi connectivity index (χ3v) is 13.4. The molecule has 12 aromatic rings. The van der Waals surface area contributed by atoms with E-state index in [0.717, 1.165) is 67.0 Å². The Labute approximate surface area is 396 Å². The van der Waals surface area contributed by atoms with Crippen molar-refractivity contribution in [3.8, 4) is 0 Å². The van der Waals surface area contributed by atoms with Gasteiger partial charge in [-0.1, -0.05) is 97.1 Å². The Morgan fingerprint density at radius 1 is 0.235 bits per heavy atom. The van der Waals surface area contributed by atoms with Crippen molar-refractivity contribution in [2.45, 2.75) is 27.7 Å². The van der Waals surface area contributed by atoms with Gasteiger partial charge in [0.05, 0.1) is 45.5 Å². The molecule has 0 aliphatic heterocycles. The Morgan fingerprint density at radius 3 is 0.647 bits per heavy atom. The van der Waals surface area contributed by atoms with Crippen molar-refractivity contribution >= 4 is 77.8 Å². The summed E-state index contributed by atoms with van der Waals surface area (Å²) in [5.74, 6) is 0. The molecule has 8 heteroatoms.